The van der Waals surface area contributed by atoms with Gasteiger partial charge in [-0.05, 0) is 92.4 Å². The molecule has 2 nitrogen and oxygen atoms in total. The van der Waals surface area contributed by atoms with Crippen LogP contribution in [-0.4, -0.2) is 11.6 Å². The molecule has 5 aliphatic rings. The van der Waals surface area contributed by atoms with Gasteiger partial charge in [0.25, 0.3) is 0 Å². The van der Waals surface area contributed by atoms with E-state index in [4.69, 9.17) is 0 Å². The summed E-state index contributed by atoms with van der Waals surface area (Å²) in [5, 5.41) is 0. The van der Waals surface area contributed by atoms with E-state index in [1.807, 2.05) is 13.0 Å². The Bertz CT molecular complexity index is 675. The van der Waals surface area contributed by atoms with Crippen molar-refractivity contribution < 1.29 is 9.59 Å². The van der Waals surface area contributed by atoms with Crippen LogP contribution in [0.3, 0.4) is 0 Å². The fraction of sp³-hybridized carbons (Fsp3) is 0.818. The van der Waals surface area contributed by atoms with Crippen molar-refractivity contribution in [2.24, 2.45) is 39.9 Å². The van der Waals surface area contributed by atoms with Crippen molar-refractivity contribution in [3.63, 3.8) is 0 Å². The Kier molecular flexibility index (Phi) is 2.83. The van der Waals surface area contributed by atoms with E-state index in [9.17, 15) is 9.59 Å². The molecule has 0 aromatic carbocycles. The lowest BCUT2D eigenvalue weighted by atomic mass is 9.45. The van der Waals surface area contributed by atoms with E-state index >= 15 is 0 Å². The van der Waals surface area contributed by atoms with Gasteiger partial charge in [0.05, 0.1) is 0 Å². The van der Waals surface area contributed by atoms with Gasteiger partial charge in [-0.3, -0.25) is 9.59 Å². The van der Waals surface area contributed by atoms with Gasteiger partial charge in [-0.2, -0.15) is 0 Å². The van der Waals surface area contributed by atoms with Crippen molar-refractivity contribution in [1.82, 2.24) is 0 Å². The SMILES string of the molecule is CC(=O)C12CC1CC1C3CCC4=CC(=O)CCC4(C)C3CCC12C. The van der Waals surface area contributed by atoms with Gasteiger partial charge < -0.3 is 0 Å². The third-order valence-corrected chi connectivity index (χ3v) is 9.64. The fourth-order valence-corrected chi connectivity index (χ4v) is 8.32. The van der Waals surface area contributed by atoms with Crippen LogP contribution >= 0.6 is 0 Å². The molecule has 5 rings (SSSR count). The third kappa shape index (κ3) is 1.55. The fourth-order valence-electron chi connectivity index (χ4n) is 8.32. The summed E-state index contributed by atoms with van der Waals surface area (Å²) in [6, 6.07) is 0. The van der Waals surface area contributed by atoms with E-state index in [-0.39, 0.29) is 16.2 Å². The monoisotopic (exact) mass is 326 g/mol. The van der Waals surface area contributed by atoms with E-state index in [1.54, 1.807) is 0 Å². The van der Waals surface area contributed by atoms with Crippen LogP contribution in [0.25, 0.3) is 0 Å². The van der Waals surface area contributed by atoms with Crippen molar-refractivity contribution in [3.05, 3.63) is 11.6 Å². The maximum absolute atomic E-state index is 12.5. The minimum absolute atomic E-state index is 0.0438. The summed E-state index contributed by atoms with van der Waals surface area (Å²) in [6.45, 7) is 6.76. The van der Waals surface area contributed by atoms with Gasteiger partial charge >= 0.3 is 0 Å². The summed E-state index contributed by atoms with van der Waals surface area (Å²) in [5.41, 5.74) is 2.01. The summed E-state index contributed by atoms with van der Waals surface area (Å²) < 4.78 is 0. The maximum atomic E-state index is 12.5. The number of rotatable bonds is 1. The van der Waals surface area contributed by atoms with Crippen LogP contribution in [0.4, 0.5) is 0 Å². The number of carbonyl (C=O) groups excluding carboxylic acids is 2. The molecule has 2 heteroatoms. The standard InChI is InChI=1S/C22H30O2/c1-13(23)22-12-15(22)11-19-17-5-4-14-10-16(24)6-8-20(14,2)18(17)7-9-21(19,22)3/h10,15,17-19H,4-9,11-12H2,1-3H3. The van der Waals surface area contributed by atoms with Crippen molar-refractivity contribution in [2.75, 3.05) is 0 Å². The topological polar surface area (TPSA) is 34.1 Å². The molecule has 5 aliphatic carbocycles. The summed E-state index contributed by atoms with van der Waals surface area (Å²) in [4.78, 5) is 24.4. The zero-order valence-electron chi connectivity index (χ0n) is 15.4. The number of fused-ring (bicyclic) bond motifs is 7. The lowest BCUT2D eigenvalue weighted by Gasteiger charge is -2.59. The Morgan fingerprint density at radius 3 is 2.67 bits per heavy atom. The molecule has 0 heterocycles. The predicted molar refractivity (Wildman–Crippen MR) is 93.3 cm³/mol. The minimum Gasteiger partial charge on any atom is -0.299 e. The Balaban J connectivity index is 1.52. The van der Waals surface area contributed by atoms with Crippen LogP contribution in [0.5, 0.6) is 0 Å². The lowest BCUT2D eigenvalue weighted by molar-refractivity contribution is -0.133. The largest absolute Gasteiger partial charge is 0.299 e. The Morgan fingerprint density at radius 1 is 1.12 bits per heavy atom. The van der Waals surface area contributed by atoms with Gasteiger partial charge in [-0.25, -0.2) is 0 Å². The quantitative estimate of drug-likeness (QED) is 0.698. The number of hydrogen-bond acceptors (Lipinski definition) is 2. The second-order valence-electron chi connectivity index (χ2n) is 10.1. The molecule has 4 saturated carbocycles. The minimum atomic E-state index is 0.0438. The van der Waals surface area contributed by atoms with Gasteiger partial charge in [-0.1, -0.05) is 19.4 Å². The first-order chi connectivity index (χ1) is 11.3. The first kappa shape index (κ1) is 15.3. The van der Waals surface area contributed by atoms with E-state index in [0.29, 0.717) is 17.5 Å². The second kappa shape index (κ2) is 4.43. The van der Waals surface area contributed by atoms with Crippen molar-refractivity contribution in [2.45, 2.75) is 72.1 Å². The Morgan fingerprint density at radius 2 is 1.92 bits per heavy atom. The molecule has 0 radical (unpaired) electrons. The van der Waals surface area contributed by atoms with Gasteiger partial charge in [0.1, 0.15) is 5.78 Å². The molecule has 0 aromatic rings. The normalized spacial score (nSPS) is 55.0. The van der Waals surface area contributed by atoms with E-state index in [1.165, 1.54) is 37.7 Å². The Labute approximate surface area is 145 Å². The van der Waals surface area contributed by atoms with Crippen molar-refractivity contribution >= 4 is 11.6 Å². The molecule has 24 heavy (non-hydrogen) atoms. The number of ketones is 2. The lowest BCUT2D eigenvalue weighted by Crippen LogP contribution is -2.52. The third-order valence-electron chi connectivity index (χ3n) is 9.64. The van der Waals surface area contributed by atoms with Crippen molar-refractivity contribution in [1.29, 1.82) is 0 Å². The second-order valence-corrected chi connectivity index (χ2v) is 10.1. The average Bonchev–Trinajstić information content (AvgIpc) is 3.21. The number of allylic oxidation sites excluding steroid dienone is 1. The van der Waals surface area contributed by atoms with Crippen LogP contribution in [0.1, 0.15) is 72.1 Å². The molecule has 0 saturated heterocycles. The highest BCUT2D eigenvalue weighted by molar-refractivity contribution is 5.91. The van der Waals surface area contributed by atoms with Gasteiger partial charge in [0.15, 0.2) is 5.78 Å². The van der Waals surface area contributed by atoms with Crippen LogP contribution in [0.2, 0.25) is 0 Å². The molecule has 0 aliphatic heterocycles. The van der Waals surface area contributed by atoms with Gasteiger partial charge in [0.2, 0.25) is 0 Å². The van der Waals surface area contributed by atoms with E-state index < -0.39 is 0 Å². The molecule has 0 bridgehead atoms. The molecule has 7 atom stereocenters. The molecule has 4 fully saturated rings. The Hall–Kier alpha value is -0.920. The zero-order chi connectivity index (χ0) is 16.9. The van der Waals surface area contributed by atoms with E-state index in [0.717, 1.165) is 37.0 Å². The van der Waals surface area contributed by atoms with Crippen LogP contribution < -0.4 is 0 Å². The van der Waals surface area contributed by atoms with Gasteiger partial charge in [-0.15, -0.1) is 0 Å². The maximum Gasteiger partial charge on any atom is 0.155 e. The molecule has 0 amide bonds. The average molecular weight is 326 g/mol. The summed E-state index contributed by atoms with van der Waals surface area (Å²) in [6.07, 6.45) is 11.1. The molecule has 7 unspecified atom stereocenters. The van der Waals surface area contributed by atoms with Crippen LogP contribution in [0.15, 0.2) is 11.6 Å². The number of Topliss-reactive ketones (excluding diaryl/α,β-unsaturated/α-hetero) is 1. The summed E-state index contributed by atoms with van der Waals surface area (Å²) >= 11 is 0. The molecule has 0 N–H and O–H groups in total. The van der Waals surface area contributed by atoms with Crippen LogP contribution in [0, 0.1) is 39.9 Å². The zero-order valence-corrected chi connectivity index (χ0v) is 15.4. The van der Waals surface area contributed by atoms with E-state index in [2.05, 4.69) is 13.8 Å². The van der Waals surface area contributed by atoms with Crippen LogP contribution in [-0.2, 0) is 9.59 Å². The highest BCUT2D eigenvalue weighted by Gasteiger charge is 2.76. The first-order valence-corrected chi connectivity index (χ1v) is 10.1. The predicted octanol–water partition coefficient (Wildman–Crippen LogP) is 4.72. The summed E-state index contributed by atoms with van der Waals surface area (Å²) in [5.74, 6) is 3.77. The van der Waals surface area contributed by atoms with Crippen molar-refractivity contribution in [3.8, 4) is 0 Å². The smallest absolute Gasteiger partial charge is 0.155 e. The molecular formula is C22H30O2. The molecule has 0 aromatic heterocycles. The number of carbonyl (C=O) groups is 2. The molecule has 130 valence electrons. The first-order valence-electron chi connectivity index (χ1n) is 10.1. The highest BCUT2D eigenvalue weighted by Crippen LogP contribution is 2.80. The molecular weight excluding hydrogens is 296 g/mol. The molecule has 0 spiro atoms. The van der Waals surface area contributed by atoms with Gasteiger partial charge in [0, 0.05) is 11.8 Å². The highest BCUT2D eigenvalue weighted by atomic mass is 16.1. The number of hydrogen-bond donors (Lipinski definition) is 0. The summed E-state index contributed by atoms with van der Waals surface area (Å²) in [7, 11) is 0.